The van der Waals surface area contributed by atoms with E-state index in [2.05, 4.69) is 12.2 Å². The van der Waals surface area contributed by atoms with Gasteiger partial charge in [0.25, 0.3) is 0 Å². The first-order valence-electron chi connectivity index (χ1n) is 11.2. The van der Waals surface area contributed by atoms with Crippen molar-refractivity contribution in [2.24, 2.45) is 0 Å². The average molecular weight is 404 g/mol. The predicted molar refractivity (Wildman–Crippen MR) is 119 cm³/mol. The summed E-state index contributed by atoms with van der Waals surface area (Å²) in [4.78, 5) is 11.6. The number of hydrogen-bond acceptors (Lipinski definition) is 5. The molecule has 2 N–H and O–H groups in total. The number of ether oxygens (including phenoxy) is 1. The molecular weight excluding hydrogens is 366 g/mol. The van der Waals surface area contributed by atoms with Crippen LogP contribution in [-0.4, -0.2) is 30.9 Å². The SMILES string of the molecule is CCCCCCCCCCCCNC[C@@H](O)COc1cc(=O)oc2ccccc12. The molecule has 0 amide bonds. The van der Waals surface area contributed by atoms with Crippen molar-refractivity contribution in [2.75, 3.05) is 19.7 Å². The van der Waals surface area contributed by atoms with Crippen LogP contribution in [-0.2, 0) is 0 Å². The maximum Gasteiger partial charge on any atom is 0.339 e. The van der Waals surface area contributed by atoms with Crippen LogP contribution in [0.5, 0.6) is 5.75 Å². The first-order valence-corrected chi connectivity index (χ1v) is 11.2. The highest BCUT2D eigenvalue weighted by Gasteiger charge is 2.09. The first-order chi connectivity index (χ1) is 14.2. The molecule has 0 unspecified atom stereocenters. The van der Waals surface area contributed by atoms with Gasteiger partial charge in [0, 0.05) is 6.54 Å². The monoisotopic (exact) mass is 403 g/mol. The molecule has 0 saturated heterocycles. The lowest BCUT2D eigenvalue weighted by Gasteiger charge is -2.14. The molecule has 1 aromatic carbocycles. The fraction of sp³-hybridized carbons (Fsp3) is 0.625. The van der Waals surface area contributed by atoms with Crippen LogP contribution in [0, 0.1) is 0 Å². The van der Waals surface area contributed by atoms with Crippen LogP contribution < -0.4 is 15.7 Å². The van der Waals surface area contributed by atoms with Crippen molar-refractivity contribution in [3.05, 3.63) is 40.8 Å². The Labute approximate surface area is 174 Å². The highest BCUT2D eigenvalue weighted by molar-refractivity contribution is 5.82. The molecule has 0 aliphatic carbocycles. The summed E-state index contributed by atoms with van der Waals surface area (Å²) in [6.07, 6.45) is 12.6. The highest BCUT2D eigenvalue weighted by Crippen LogP contribution is 2.23. The molecule has 5 heteroatoms. The van der Waals surface area contributed by atoms with Gasteiger partial charge in [-0.25, -0.2) is 4.79 Å². The van der Waals surface area contributed by atoms with Crippen molar-refractivity contribution >= 4 is 11.0 Å². The van der Waals surface area contributed by atoms with Crippen LogP contribution in [0.3, 0.4) is 0 Å². The molecule has 0 radical (unpaired) electrons. The third-order valence-electron chi connectivity index (χ3n) is 5.13. The minimum atomic E-state index is -0.621. The van der Waals surface area contributed by atoms with E-state index in [1.54, 1.807) is 12.1 Å². The number of aliphatic hydroxyl groups excluding tert-OH is 1. The Kier molecular flexibility index (Phi) is 11.5. The van der Waals surface area contributed by atoms with Crippen molar-refractivity contribution in [3.8, 4) is 5.75 Å². The smallest absolute Gasteiger partial charge is 0.339 e. The van der Waals surface area contributed by atoms with E-state index >= 15 is 0 Å². The molecule has 1 aromatic heterocycles. The van der Waals surface area contributed by atoms with Crippen LogP contribution in [0.15, 0.2) is 39.5 Å². The summed E-state index contributed by atoms with van der Waals surface area (Å²) in [5, 5.41) is 14.1. The topological polar surface area (TPSA) is 71.7 Å². The molecule has 1 atom stereocenters. The summed E-state index contributed by atoms with van der Waals surface area (Å²) in [6.45, 7) is 3.78. The van der Waals surface area contributed by atoms with Gasteiger partial charge >= 0.3 is 5.63 Å². The highest BCUT2D eigenvalue weighted by atomic mass is 16.5. The van der Waals surface area contributed by atoms with Gasteiger partial charge in [-0.1, -0.05) is 76.8 Å². The van der Waals surface area contributed by atoms with Gasteiger partial charge < -0.3 is 19.6 Å². The molecule has 0 aliphatic heterocycles. The largest absolute Gasteiger partial charge is 0.490 e. The van der Waals surface area contributed by atoms with Gasteiger partial charge in [0.2, 0.25) is 0 Å². The fourth-order valence-corrected chi connectivity index (χ4v) is 3.45. The number of aliphatic hydroxyl groups is 1. The Balaban J connectivity index is 1.52. The van der Waals surface area contributed by atoms with E-state index in [9.17, 15) is 9.90 Å². The molecule has 2 aromatic rings. The van der Waals surface area contributed by atoms with Crippen molar-refractivity contribution in [2.45, 2.75) is 77.2 Å². The average Bonchev–Trinajstić information content (AvgIpc) is 2.72. The molecule has 0 bridgehead atoms. The molecule has 0 aliphatic rings. The third kappa shape index (κ3) is 9.46. The summed E-state index contributed by atoms with van der Waals surface area (Å²) in [6, 6.07) is 8.56. The first kappa shape index (κ1) is 23.4. The zero-order valence-corrected chi connectivity index (χ0v) is 17.8. The molecule has 0 saturated carbocycles. The number of benzene rings is 1. The maximum atomic E-state index is 11.6. The normalized spacial score (nSPS) is 12.3. The van der Waals surface area contributed by atoms with Crippen molar-refractivity contribution in [1.82, 2.24) is 5.32 Å². The Morgan fingerprint density at radius 2 is 1.66 bits per heavy atom. The van der Waals surface area contributed by atoms with Crippen molar-refractivity contribution < 1.29 is 14.3 Å². The van der Waals surface area contributed by atoms with Crippen molar-refractivity contribution in [1.29, 1.82) is 0 Å². The molecule has 5 nitrogen and oxygen atoms in total. The lowest BCUT2D eigenvalue weighted by atomic mass is 10.1. The molecule has 2 rings (SSSR count). The number of hydrogen-bond donors (Lipinski definition) is 2. The summed E-state index contributed by atoms with van der Waals surface area (Å²) >= 11 is 0. The minimum absolute atomic E-state index is 0.137. The van der Waals surface area contributed by atoms with Gasteiger partial charge in [-0.05, 0) is 25.1 Å². The second-order valence-corrected chi connectivity index (χ2v) is 7.78. The van der Waals surface area contributed by atoms with E-state index in [4.69, 9.17) is 9.15 Å². The van der Waals surface area contributed by atoms with Crippen LogP contribution >= 0.6 is 0 Å². The van der Waals surface area contributed by atoms with E-state index in [0.29, 0.717) is 17.9 Å². The second kappa shape index (κ2) is 14.2. The van der Waals surface area contributed by atoms with Crippen LogP contribution in [0.4, 0.5) is 0 Å². The van der Waals surface area contributed by atoms with E-state index in [1.807, 2.05) is 12.1 Å². The Bertz CT molecular complexity index is 743. The van der Waals surface area contributed by atoms with E-state index in [1.165, 1.54) is 63.9 Å². The molecule has 0 fully saturated rings. The Morgan fingerprint density at radius 1 is 1.00 bits per heavy atom. The van der Waals surface area contributed by atoms with Gasteiger partial charge in [-0.3, -0.25) is 0 Å². The number of para-hydroxylation sites is 1. The van der Waals surface area contributed by atoms with Gasteiger partial charge in [0.05, 0.1) is 11.5 Å². The van der Waals surface area contributed by atoms with Gasteiger partial charge in [-0.2, -0.15) is 0 Å². The number of fused-ring (bicyclic) bond motifs is 1. The summed E-state index contributed by atoms with van der Waals surface area (Å²) in [7, 11) is 0. The lowest BCUT2D eigenvalue weighted by molar-refractivity contribution is 0.107. The molecule has 1 heterocycles. The Hall–Kier alpha value is -1.85. The number of unbranched alkanes of at least 4 members (excludes halogenated alkanes) is 9. The van der Waals surface area contributed by atoms with Gasteiger partial charge in [-0.15, -0.1) is 0 Å². The second-order valence-electron chi connectivity index (χ2n) is 7.78. The molecule has 29 heavy (non-hydrogen) atoms. The van der Waals surface area contributed by atoms with Crippen molar-refractivity contribution in [3.63, 3.8) is 0 Å². The number of nitrogens with one attached hydrogen (secondary N) is 1. The van der Waals surface area contributed by atoms with E-state index in [0.717, 1.165) is 18.4 Å². The van der Waals surface area contributed by atoms with Crippen LogP contribution in [0.1, 0.15) is 71.1 Å². The number of rotatable bonds is 16. The minimum Gasteiger partial charge on any atom is -0.490 e. The molecule has 0 spiro atoms. The molecular formula is C24H37NO4. The Morgan fingerprint density at radius 3 is 2.38 bits per heavy atom. The quantitative estimate of drug-likeness (QED) is 0.303. The summed E-state index contributed by atoms with van der Waals surface area (Å²) in [5.74, 6) is 0.450. The van der Waals surface area contributed by atoms with Crippen LogP contribution in [0.25, 0.3) is 11.0 Å². The summed E-state index contributed by atoms with van der Waals surface area (Å²) in [5.41, 5.74) is 0.0378. The van der Waals surface area contributed by atoms with E-state index < -0.39 is 11.7 Å². The van der Waals surface area contributed by atoms with Gasteiger partial charge in [0.15, 0.2) is 0 Å². The third-order valence-corrected chi connectivity index (χ3v) is 5.13. The lowest BCUT2D eigenvalue weighted by Crippen LogP contribution is -2.32. The fourth-order valence-electron chi connectivity index (χ4n) is 3.45. The van der Waals surface area contributed by atoms with Gasteiger partial charge in [0.1, 0.15) is 24.0 Å². The predicted octanol–water partition coefficient (Wildman–Crippen LogP) is 5.04. The molecule has 162 valence electrons. The summed E-state index contributed by atoms with van der Waals surface area (Å²) < 4.78 is 10.8. The standard InChI is InChI=1S/C24H37NO4/c1-2-3-4-5-6-7-8-9-10-13-16-25-18-20(26)19-28-23-17-24(27)29-22-15-12-11-14-21(22)23/h11-12,14-15,17,20,25-26H,2-10,13,16,18-19H2,1H3/t20-/m1/s1. The maximum absolute atomic E-state index is 11.6. The zero-order valence-electron chi connectivity index (χ0n) is 17.8. The van der Waals surface area contributed by atoms with E-state index in [-0.39, 0.29) is 6.61 Å². The zero-order chi connectivity index (χ0) is 20.7. The van der Waals surface area contributed by atoms with Crippen LogP contribution in [0.2, 0.25) is 0 Å².